The highest BCUT2D eigenvalue weighted by Gasteiger charge is 2.37. The smallest absolute Gasteiger partial charge is 0.307 e. The lowest BCUT2D eigenvalue weighted by Crippen LogP contribution is -2.36. The van der Waals surface area contributed by atoms with Crippen LogP contribution in [0.1, 0.15) is 37.8 Å². The van der Waals surface area contributed by atoms with Crippen molar-refractivity contribution < 1.29 is 14.7 Å². The van der Waals surface area contributed by atoms with Crippen molar-refractivity contribution in [3.05, 3.63) is 40.5 Å². The maximum absolute atomic E-state index is 12.6. The molecule has 22 heavy (non-hydrogen) atoms. The van der Waals surface area contributed by atoms with E-state index in [0.29, 0.717) is 12.8 Å². The van der Waals surface area contributed by atoms with Gasteiger partial charge in [0.2, 0.25) is 5.91 Å². The maximum atomic E-state index is 12.6. The number of hydrogen-bond acceptors (Lipinski definition) is 2. The lowest BCUT2D eigenvalue weighted by Gasteiger charge is -2.29. The molecule has 0 fully saturated rings. The average molecular weight is 301 g/mol. The molecule has 1 aliphatic rings. The highest BCUT2D eigenvalue weighted by molar-refractivity contribution is 5.95. The van der Waals surface area contributed by atoms with Gasteiger partial charge >= 0.3 is 5.97 Å². The van der Waals surface area contributed by atoms with Crippen molar-refractivity contribution in [1.29, 1.82) is 0 Å². The first-order chi connectivity index (χ1) is 10.3. The van der Waals surface area contributed by atoms with E-state index in [1.54, 1.807) is 0 Å². The number of benzene rings is 1. The third-order valence-corrected chi connectivity index (χ3v) is 4.41. The standard InChI is InChI=1S/C18H23NO3/c1-10-5-11(2)7-14(6-10)19-17(20)15-8-12(3)13(4)9-16(15)18(21)22/h5-7,15-16H,8-9H2,1-4H3,(H,19,20)(H,21,22). The first-order valence-corrected chi connectivity index (χ1v) is 7.55. The summed E-state index contributed by atoms with van der Waals surface area (Å²) in [6.45, 7) is 7.87. The molecule has 2 N–H and O–H groups in total. The molecule has 1 aromatic rings. The van der Waals surface area contributed by atoms with Crippen LogP contribution in [0.2, 0.25) is 0 Å². The van der Waals surface area contributed by atoms with E-state index in [4.69, 9.17) is 0 Å². The molecule has 4 heteroatoms. The molecule has 0 spiro atoms. The summed E-state index contributed by atoms with van der Waals surface area (Å²) < 4.78 is 0. The lowest BCUT2D eigenvalue weighted by molar-refractivity contribution is -0.146. The van der Waals surface area contributed by atoms with Crippen LogP contribution < -0.4 is 5.32 Å². The minimum atomic E-state index is -0.896. The molecule has 0 saturated carbocycles. The van der Waals surface area contributed by atoms with Gasteiger partial charge in [-0.1, -0.05) is 17.2 Å². The van der Waals surface area contributed by atoms with Crippen molar-refractivity contribution in [2.75, 3.05) is 5.32 Å². The van der Waals surface area contributed by atoms with Gasteiger partial charge in [0.05, 0.1) is 11.8 Å². The number of carbonyl (C=O) groups is 2. The summed E-state index contributed by atoms with van der Waals surface area (Å²) >= 11 is 0. The van der Waals surface area contributed by atoms with E-state index in [9.17, 15) is 14.7 Å². The Bertz CT molecular complexity index is 625. The van der Waals surface area contributed by atoms with Gasteiger partial charge in [-0.2, -0.15) is 0 Å². The second-order valence-corrected chi connectivity index (χ2v) is 6.39. The van der Waals surface area contributed by atoms with Gasteiger partial charge in [0, 0.05) is 5.69 Å². The molecule has 0 heterocycles. The van der Waals surface area contributed by atoms with Gasteiger partial charge in [-0.05, 0) is 63.8 Å². The number of carboxylic acids is 1. The number of anilines is 1. The van der Waals surface area contributed by atoms with Crippen molar-refractivity contribution in [2.45, 2.75) is 40.5 Å². The summed E-state index contributed by atoms with van der Waals surface area (Å²) in [5, 5.41) is 12.3. The predicted octanol–water partition coefficient (Wildman–Crippen LogP) is 3.69. The Morgan fingerprint density at radius 3 is 1.95 bits per heavy atom. The number of aryl methyl sites for hydroxylation is 2. The van der Waals surface area contributed by atoms with Crippen LogP contribution in [0.4, 0.5) is 5.69 Å². The number of carbonyl (C=O) groups excluding carboxylic acids is 1. The number of carboxylic acid groups (broad SMARTS) is 1. The van der Waals surface area contributed by atoms with E-state index in [0.717, 1.165) is 28.0 Å². The fourth-order valence-corrected chi connectivity index (χ4v) is 3.11. The van der Waals surface area contributed by atoms with Crippen LogP contribution in [0, 0.1) is 25.7 Å². The molecule has 0 bridgehead atoms. The highest BCUT2D eigenvalue weighted by Crippen LogP contribution is 2.35. The number of rotatable bonds is 3. The fourth-order valence-electron chi connectivity index (χ4n) is 3.11. The molecule has 2 atom stereocenters. The molecule has 0 radical (unpaired) electrons. The second-order valence-electron chi connectivity index (χ2n) is 6.39. The number of amides is 1. The summed E-state index contributed by atoms with van der Waals surface area (Å²) in [6, 6.07) is 5.83. The summed E-state index contributed by atoms with van der Waals surface area (Å²) in [7, 11) is 0. The third kappa shape index (κ3) is 3.56. The van der Waals surface area contributed by atoms with Crippen LogP contribution in [-0.2, 0) is 9.59 Å². The molecule has 2 unspecified atom stereocenters. The number of hydrogen-bond donors (Lipinski definition) is 2. The zero-order valence-corrected chi connectivity index (χ0v) is 13.6. The minimum absolute atomic E-state index is 0.204. The first-order valence-electron chi connectivity index (χ1n) is 7.55. The zero-order chi connectivity index (χ0) is 16.4. The quantitative estimate of drug-likeness (QED) is 0.837. The van der Waals surface area contributed by atoms with Gasteiger partial charge in [-0.3, -0.25) is 9.59 Å². The maximum Gasteiger partial charge on any atom is 0.307 e. The van der Waals surface area contributed by atoms with Crippen molar-refractivity contribution >= 4 is 17.6 Å². The summed E-state index contributed by atoms with van der Waals surface area (Å²) in [5.74, 6) is -2.26. The molecular formula is C18H23NO3. The van der Waals surface area contributed by atoms with E-state index in [2.05, 4.69) is 5.32 Å². The molecule has 1 amide bonds. The molecule has 0 saturated heterocycles. The molecule has 1 aliphatic carbocycles. The Labute approximate surface area is 131 Å². The van der Waals surface area contributed by atoms with Gasteiger partial charge < -0.3 is 10.4 Å². The molecule has 0 aliphatic heterocycles. The average Bonchev–Trinajstić information content (AvgIpc) is 2.39. The van der Waals surface area contributed by atoms with Crippen LogP contribution in [0.3, 0.4) is 0 Å². The van der Waals surface area contributed by atoms with Gasteiger partial charge in [0.25, 0.3) is 0 Å². The van der Waals surface area contributed by atoms with Crippen molar-refractivity contribution in [3.8, 4) is 0 Å². The Balaban J connectivity index is 2.21. The van der Waals surface area contributed by atoms with Gasteiger partial charge in [-0.15, -0.1) is 0 Å². The van der Waals surface area contributed by atoms with Crippen LogP contribution in [0.25, 0.3) is 0 Å². The Kier molecular flexibility index (Phi) is 4.69. The second kappa shape index (κ2) is 6.34. The topological polar surface area (TPSA) is 66.4 Å². The fraction of sp³-hybridized carbons (Fsp3) is 0.444. The summed E-state index contributed by atoms with van der Waals surface area (Å²) in [6.07, 6.45) is 0.964. The van der Waals surface area contributed by atoms with Crippen molar-refractivity contribution in [3.63, 3.8) is 0 Å². The number of allylic oxidation sites excluding steroid dienone is 2. The summed E-state index contributed by atoms with van der Waals surface area (Å²) in [4.78, 5) is 24.0. The molecule has 1 aromatic carbocycles. The van der Waals surface area contributed by atoms with E-state index in [1.807, 2.05) is 45.9 Å². The molecule has 4 nitrogen and oxygen atoms in total. The monoisotopic (exact) mass is 301 g/mol. The molecule has 2 rings (SSSR count). The SMILES string of the molecule is CC1=C(C)CC(C(=O)Nc2cc(C)cc(C)c2)C(C(=O)O)C1. The van der Waals surface area contributed by atoms with E-state index in [1.165, 1.54) is 0 Å². The predicted molar refractivity (Wildman–Crippen MR) is 86.8 cm³/mol. The molecular weight excluding hydrogens is 278 g/mol. The van der Waals surface area contributed by atoms with Gasteiger partial charge in [0.1, 0.15) is 0 Å². The third-order valence-electron chi connectivity index (χ3n) is 4.41. The normalized spacial score (nSPS) is 21.6. The Hall–Kier alpha value is -2.10. The number of nitrogens with one attached hydrogen (secondary N) is 1. The Morgan fingerprint density at radius 2 is 1.45 bits per heavy atom. The minimum Gasteiger partial charge on any atom is -0.481 e. The van der Waals surface area contributed by atoms with E-state index >= 15 is 0 Å². The first kappa shape index (κ1) is 16.3. The van der Waals surface area contributed by atoms with E-state index in [-0.39, 0.29) is 5.91 Å². The van der Waals surface area contributed by atoms with Crippen molar-refractivity contribution in [2.24, 2.45) is 11.8 Å². The summed E-state index contributed by atoms with van der Waals surface area (Å²) in [5.41, 5.74) is 5.08. The van der Waals surface area contributed by atoms with Crippen LogP contribution in [0.15, 0.2) is 29.3 Å². The van der Waals surface area contributed by atoms with Gasteiger partial charge in [-0.25, -0.2) is 0 Å². The molecule has 0 aromatic heterocycles. The lowest BCUT2D eigenvalue weighted by atomic mass is 9.76. The number of aliphatic carboxylic acids is 1. The van der Waals surface area contributed by atoms with Gasteiger partial charge in [0.15, 0.2) is 0 Å². The largest absolute Gasteiger partial charge is 0.481 e. The van der Waals surface area contributed by atoms with E-state index < -0.39 is 17.8 Å². The molecule has 118 valence electrons. The van der Waals surface area contributed by atoms with Crippen molar-refractivity contribution in [1.82, 2.24) is 0 Å². The zero-order valence-electron chi connectivity index (χ0n) is 13.6. The van der Waals surface area contributed by atoms with Crippen LogP contribution in [0.5, 0.6) is 0 Å². The van der Waals surface area contributed by atoms with Crippen LogP contribution in [-0.4, -0.2) is 17.0 Å². The van der Waals surface area contributed by atoms with Crippen LogP contribution >= 0.6 is 0 Å². The highest BCUT2D eigenvalue weighted by atomic mass is 16.4. The Morgan fingerprint density at radius 1 is 0.955 bits per heavy atom.